The Morgan fingerprint density at radius 2 is 1.91 bits per heavy atom. The molecule has 0 saturated heterocycles. The number of hydrogen-bond acceptors (Lipinski definition) is 3. The summed E-state index contributed by atoms with van der Waals surface area (Å²) in [4.78, 5) is 22.7. The summed E-state index contributed by atoms with van der Waals surface area (Å²) < 4.78 is 5.15. The van der Waals surface area contributed by atoms with Gasteiger partial charge in [0.2, 0.25) is 0 Å². The van der Waals surface area contributed by atoms with Gasteiger partial charge in [0, 0.05) is 6.54 Å². The zero-order valence-electron chi connectivity index (χ0n) is 12.7. The third-order valence-electron chi connectivity index (χ3n) is 4.22. The molecule has 2 N–H and O–H groups in total. The van der Waals surface area contributed by atoms with Crippen LogP contribution >= 0.6 is 0 Å². The van der Waals surface area contributed by atoms with E-state index in [1.165, 1.54) is 0 Å². The first-order valence-electron chi connectivity index (χ1n) is 7.81. The lowest BCUT2D eigenvalue weighted by molar-refractivity contribution is -0.138. The first kappa shape index (κ1) is 16.3. The molecule has 1 saturated carbocycles. The molecule has 0 aliphatic heterocycles. The summed E-state index contributed by atoms with van der Waals surface area (Å²) in [5.74, 6) is -0.425. The van der Waals surface area contributed by atoms with Crippen LogP contribution in [-0.2, 0) is 16.1 Å². The van der Waals surface area contributed by atoms with Crippen LogP contribution in [0.4, 0.5) is 4.79 Å². The van der Waals surface area contributed by atoms with Crippen LogP contribution in [0.2, 0.25) is 0 Å². The summed E-state index contributed by atoms with van der Waals surface area (Å²) in [7, 11) is 0. The molecule has 5 nitrogen and oxygen atoms in total. The van der Waals surface area contributed by atoms with E-state index in [1.54, 1.807) is 0 Å². The van der Waals surface area contributed by atoms with Crippen molar-refractivity contribution < 1.29 is 19.4 Å². The van der Waals surface area contributed by atoms with Gasteiger partial charge in [0.1, 0.15) is 6.61 Å². The largest absolute Gasteiger partial charge is 0.481 e. The van der Waals surface area contributed by atoms with Crippen molar-refractivity contribution >= 4 is 12.1 Å². The van der Waals surface area contributed by atoms with Crippen LogP contribution in [0.5, 0.6) is 0 Å². The molecule has 0 heterocycles. The molecule has 1 unspecified atom stereocenters. The van der Waals surface area contributed by atoms with E-state index in [0.29, 0.717) is 12.5 Å². The maximum atomic E-state index is 11.7. The Kier molecular flexibility index (Phi) is 6.25. The average molecular weight is 305 g/mol. The standard InChI is InChI=1S/C17H23NO4/c19-16(20)10-15(14-8-4-5-9-14)11-18-17(21)22-12-13-6-2-1-3-7-13/h1-3,6-7,14-15H,4-5,8-12H2,(H,18,21)(H,19,20). The second kappa shape index (κ2) is 8.41. The Labute approximate surface area is 130 Å². The molecule has 2 rings (SSSR count). The van der Waals surface area contributed by atoms with Crippen LogP contribution in [0, 0.1) is 11.8 Å². The molecule has 1 atom stereocenters. The Bertz CT molecular complexity index is 483. The van der Waals surface area contributed by atoms with E-state index in [1.807, 2.05) is 30.3 Å². The maximum absolute atomic E-state index is 11.7. The van der Waals surface area contributed by atoms with Crippen molar-refractivity contribution in [3.63, 3.8) is 0 Å². The Balaban J connectivity index is 1.75. The lowest BCUT2D eigenvalue weighted by Gasteiger charge is -2.22. The number of hydrogen-bond donors (Lipinski definition) is 2. The minimum absolute atomic E-state index is 0.00993. The number of rotatable bonds is 7. The first-order chi connectivity index (χ1) is 10.6. The molecule has 5 heteroatoms. The van der Waals surface area contributed by atoms with Crippen LogP contribution in [0.3, 0.4) is 0 Å². The Morgan fingerprint density at radius 1 is 1.23 bits per heavy atom. The van der Waals surface area contributed by atoms with E-state index in [2.05, 4.69) is 5.32 Å². The normalized spacial score (nSPS) is 16.2. The number of amides is 1. The highest BCUT2D eigenvalue weighted by molar-refractivity contribution is 5.68. The predicted molar refractivity (Wildman–Crippen MR) is 82.3 cm³/mol. The third-order valence-corrected chi connectivity index (χ3v) is 4.22. The van der Waals surface area contributed by atoms with Gasteiger partial charge in [-0.1, -0.05) is 56.0 Å². The lowest BCUT2D eigenvalue weighted by atomic mass is 9.88. The van der Waals surface area contributed by atoms with Crippen LogP contribution in [0.25, 0.3) is 0 Å². The molecule has 1 aliphatic carbocycles. The summed E-state index contributed by atoms with van der Waals surface area (Å²) in [5.41, 5.74) is 0.926. The van der Waals surface area contributed by atoms with Crippen molar-refractivity contribution in [2.24, 2.45) is 11.8 Å². The second-order valence-electron chi connectivity index (χ2n) is 5.85. The van der Waals surface area contributed by atoms with E-state index in [0.717, 1.165) is 31.2 Å². The van der Waals surface area contributed by atoms with Gasteiger partial charge >= 0.3 is 12.1 Å². The minimum Gasteiger partial charge on any atom is -0.481 e. The number of carbonyl (C=O) groups is 2. The third kappa shape index (κ3) is 5.39. The predicted octanol–water partition coefficient (Wildman–Crippen LogP) is 3.19. The molecule has 1 aromatic carbocycles. The Hall–Kier alpha value is -2.04. The highest BCUT2D eigenvalue weighted by Gasteiger charge is 2.27. The van der Waals surface area contributed by atoms with E-state index < -0.39 is 12.1 Å². The van der Waals surface area contributed by atoms with Gasteiger partial charge < -0.3 is 15.2 Å². The van der Waals surface area contributed by atoms with E-state index in [-0.39, 0.29) is 18.9 Å². The van der Waals surface area contributed by atoms with Crippen LogP contribution in [0.1, 0.15) is 37.7 Å². The molecule has 1 amide bonds. The number of carboxylic acid groups (broad SMARTS) is 1. The smallest absolute Gasteiger partial charge is 0.407 e. The van der Waals surface area contributed by atoms with Crippen LogP contribution in [-0.4, -0.2) is 23.7 Å². The van der Waals surface area contributed by atoms with Gasteiger partial charge in [-0.3, -0.25) is 4.79 Å². The van der Waals surface area contributed by atoms with Crippen molar-refractivity contribution in [2.45, 2.75) is 38.7 Å². The van der Waals surface area contributed by atoms with Gasteiger partial charge in [-0.05, 0) is 17.4 Å². The number of carbonyl (C=O) groups excluding carboxylic acids is 1. The number of alkyl carbamates (subject to hydrolysis) is 1. The van der Waals surface area contributed by atoms with Crippen molar-refractivity contribution in [1.82, 2.24) is 5.32 Å². The molecular formula is C17H23NO4. The summed E-state index contributed by atoms with van der Waals surface area (Å²) in [6.07, 6.45) is 4.02. The molecule has 0 radical (unpaired) electrons. The molecule has 1 fully saturated rings. The van der Waals surface area contributed by atoms with Crippen molar-refractivity contribution in [3.05, 3.63) is 35.9 Å². The van der Waals surface area contributed by atoms with Crippen LogP contribution in [0.15, 0.2) is 30.3 Å². The molecule has 0 spiro atoms. The number of aliphatic carboxylic acids is 1. The van der Waals surface area contributed by atoms with Gasteiger partial charge in [-0.2, -0.15) is 0 Å². The second-order valence-corrected chi connectivity index (χ2v) is 5.85. The van der Waals surface area contributed by atoms with Crippen molar-refractivity contribution in [2.75, 3.05) is 6.54 Å². The van der Waals surface area contributed by atoms with E-state index >= 15 is 0 Å². The fourth-order valence-corrected chi connectivity index (χ4v) is 3.05. The number of carboxylic acids is 1. The topological polar surface area (TPSA) is 75.6 Å². The zero-order chi connectivity index (χ0) is 15.8. The van der Waals surface area contributed by atoms with Gasteiger partial charge in [0.05, 0.1) is 6.42 Å². The van der Waals surface area contributed by atoms with Crippen LogP contribution < -0.4 is 5.32 Å². The summed E-state index contributed by atoms with van der Waals surface area (Å²) in [6, 6.07) is 9.46. The average Bonchev–Trinajstić information content (AvgIpc) is 3.04. The molecule has 22 heavy (non-hydrogen) atoms. The van der Waals surface area contributed by atoms with Crippen molar-refractivity contribution in [3.8, 4) is 0 Å². The quantitative estimate of drug-likeness (QED) is 0.811. The number of benzene rings is 1. The van der Waals surface area contributed by atoms with Gasteiger partial charge in [-0.15, -0.1) is 0 Å². The number of ether oxygens (including phenoxy) is 1. The highest BCUT2D eigenvalue weighted by Crippen LogP contribution is 2.32. The maximum Gasteiger partial charge on any atom is 0.407 e. The first-order valence-corrected chi connectivity index (χ1v) is 7.81. The van der Waals surface area contributed by atoms with Gasteiger partial charge in [-0.25, -0.2) is 4.79 Å². The Morgan fingerprint density at radius 3 is 2.55 bits per heavy atom. The van der Waals surface area contributed by atoms with E-state index in [4.69, 9.17) is 9.84 Å². The summed E-state index contributed by atoms with van der Waals surface area (Å²) in [5, 5.41) is 11.7. The summed E-state index contributed by atoms with van der Waals surface area (Å²) >= 11 is 0. The fourth-order valence-electron chi connectivity index (χ4n) is 3.05. The highest BCUT2D eigenvalue weighted by atomic mass is 16.5. The zero-order valence-corrected chi connectivity index (χ0v) is 12.7. The molecular weight excluding hydrogens is 282 g/mol. The minimum atomic E-state index is -0.809. The molecule has 0 aromatic heterocycles. The molecule has 1 aromatic rings. The fraction of sp³-hybridized carbons (Fsp3) is 0.529. The number of nitrogens with one attached hydrogen (secondary N) is 1. The summed E-state index contributed by atoms with van der Waals surface area (Å²) in [6.45, 7) is 0.588. The van der Waals surface area contributed by atoms with Gasteiger partial charge in [0.25, 0.3) is 0 Å². The molecule has 0 bridgehead atoms. The SMILES string of the molecule is O=C(O)CC(CNC(=O)OCc1ccccc1)C1CCCC1. The van der Waals surface area contributed by atoms with E-state index in [9.17, 15) is 9.59 Å². The molecule has 120 valence electrons. The molecule has 1 aliphatic rings. The lowest BCUT2D eigenvalue weighted by Crippen LogP contribution is -2.33. The van der Waals surface area contributed by atoms with Crippen molar-refractivity contribution in [1.29, 1.82) is 0 Å². The van der Waals surface area contributed by atoms with Gasteiger partial charge in [0.15, 0.2) is 0 Å². The monoisotopic (exact) mass is 305 g/mol.